The van der Waals surface area contributed by atoms with E-state index in [9.17, 15) is 9.59 Å². The van der Waals surface area contributed by atoms with Gasteiger partial charge in [0.15, 0.2) is 0 Å². The Morgan fingerprint density at radius 3 is 2.52 bits per heavy atom. The molecule has 1 aliphatic carbocycles. The van der Waals surface area contributed by atoms with Crippen molar-refractivity contribution in [2.75, 3.05) is 26.2 Å². The molecule has 0 radical (unpaired) electrons. The van der Waals surface area contributed by atoms with E-state index < -0.39 is 0 Å². The number of fused-ring (bicyclic) bond motifs is 1. The first kappa shape index (κ1) is 18.0. The third-order valence-electron chi connectivity index (χ3n) is 5.71. The van der Waals surface area contributed by atoms with Gasteiger partial charge in [0.2, 0.25) is 5.91 Å². The summed E-state index contributed by atoms with van der Waals surface area (Å²) in [6.07, 6.45) is 3.76. The van der Waals surface area contributed by atoms with E-state index in [1.165, 1.54) is 0 Å². The molecule has 7 nitrogen and oxygen atoms in total. The molecule has 0 bridgehead atoms. The minimum absolute atomic E-state index is 0.0408. The number of nitrogens with one attached hydrogen (secondary N) is 2. The molecular weight excluding hydrogens is 318 g/mol. The molecular formula is C18H29N5O2. The molecule has 2 heterocycles. The van der Waals surface area contributed by atoms with Gasteiger partial charge in [-0.05, 0) is 51.4 Å². The molecule has 7 heteroatoms. The molecule has 2 aliphatic heterocycles. The lowest BCUT2D eigenvalue weighted by Crippen LogP contribution is -2.44. The van der Waals surface area contributed by atoms with Crippen molar-refractivity contribution in [2.45, 2.75) is 57.7 Å². The molecule has 3 amide bonds. The Morgan fingerprint density at radius 1 is 1.24 bits per heavy atom. The molecule has 0 aromatic carbocycles. The number of urea groups is 1. The van der Waals surface area contributed by atoms with Crippen molar-refractivity contribution in [3.63, 3.8) is 0 Å². The second-order valence-corrected chi connectivity index (χ2v) is 7.95. The first-order valence-electron chi connectivity index (χ1n) is 9.45. The summed E-state index contributed by atoms with van der Waals surface area (Å²) >= 11 is 0. The predicted octanol–water partition coefficient (Wildman–Crippen LogP) is 0.919. The van der Waals surface area contributed by atoms with E-state index in [0.717, 1.165) is 38.8 Å². The van der Waals surface area contributed by atoms with Crippen molar-refractivity contribution in [1.82, 2.24) is 20.4 Å². The zero-order chi connectivity index (χ0) is 18.0. The highest BCUT2D eigenvalue weighted by molar-refractivity contribution is 5.79. The number of rotatable bonds is 4. The lowest BCUT2D eigenvalue weighted by atomic mass is 10.0. The maximum atomic E-state index is 12.3. The number of amides is 3. The van der Waals surface area contributed by atoms with Gasteiger partial charge in [0.25, 0.3) is 0 Å². The Hall–Kier alpha value is -1.81. The second kappa shape index (κ2) is 7.61. The lowest BCUT2D eigenvalue weighted by molar-refractivity contribution is -0.130. The summed E-state index contributed by atoms with van der Waals surface area (Å²) < 4.78 is 0. The summed E-state index contributed by atoms with van der Waals surface area (Å²) in [6.45, 7) is 6.61. The fraction of sp³-hybridized carbons (Fsp3) is 0.833. The van der Waals surface area contributed by atoms with E-state index in [4.69, 9.17) is 5.26 Å². The van der Waals surface area contributed by atoms with E-state index in [1.807, 2.05) is 18.7 Å². The van der Waals surface area contributed by atoms with Gasteiger partial charge in [0.05, 0.1) is 12.6 Å². The van der Waals surface area contributed by atoms with E-state index in [2.05, 4.69) is 16.7 Å². The fourth-order valence-electron chi connectivity index (χ4n) is 4.50. The van der Waals surface area contributed by atoms with Crippen LogP contribution in [0, 0.1) is 23.2 Å². The van der Waals surface area contributed by atoms with Gasteiger partial charge in [-0.2, -0.15) is 5.26 Å². The first-order valence-corrected chi connectivity index (χ1v) is 9.45. The van der Waals surface area contributed by atoms with Crippen LogP contribution in [0.3, 0.4) is 0 Å². The number of hydrogen-bond acceptors (Lipinski definition) is 4. The maximum absolute atomic E-state index is 12.3. The molecule has 3 aliphatic rings. The number of hydrogen-bond donors (Lipinski definition) is 2. The van der Waals surface area contributed by atoms with Gasteiger partial charge in [-0.3, -0.25) is 4.79 Å². The minimum Gasteiger partial charge on any atom is -0.336 e. The monoisotopic (exact) mass is 347 g/mol. The van der Waals surface area contributed by atoms with Gasteiger partial charge in [-0.25, -0.2) is 4.79 Å². The molecule has 2 N–H and O–H groups in total. The summed E-state index contributed by atoms with van der Waals surface area (Å²) in [5.74, 6) is 1.10. The molecule has 1 saturated carbocycles. The number of carbonyl (C=O) groups is 2. The highest BCUT2D eigenvalue weighted by atomic mass is 16.2. The highest BCUT2D eigenvalue weighted by Gasteiger charge is 2.42. The van der Waals surface area contributed by atoms with E-state index in [0.29, 0.717) is 31.0 Å². The Kier molecular flexibility index (Phi) is 5.48. The zero-order valence-electron chi connectivity index (χ0n) is 15.2. The largest absolute Gasteiger partial charge is 0.336 e. The number of nitrogens with zero attached hydrogens (tertiary/aromatic N) is 3. The molecule has 25 heavy (non-hydrogen) atoms. The van der Waals surface area contributed by atoms with Crippen LogP contribution in [0.4, 0.5) is 4.79 Å². The fourth-order valence-corrected chi connectivity index (χ4v) is 4.50. The van der Waals surface area contributed by atoms with Crippen LogP contribution in [0.15, 0.2) is 0 Å². The molecule has 0 aromatic heterocycles. The molecule has 4 atom stereocenters. The third-order valence-corrected chi connectivity index (χ3v) is 5.71. The van der Waals surface area contributed by atoms with Crippen LogP contribution in [0.5, 0.6) is 0 Å². The topological polar surface area (TPSA) is 88.5 Å². The molecule has 0 spiro atoms. The normalized spacial score (nSPS) is 31.3. The lowest BCUT2D eigenvalue weighted by Gasteiger charge is -2.23. The standard InChI is InChI=1S/C18H29N5O2/c1-12(2)21-18(25)22-10-13-6-15(7-14(13)11-22)20-9-17(24)23-5-3-4-16(23)8-19/h12-16,20H,3-7,9-11H2,1-2H3,(H,21,25)/t13-,14+,15?,16-/m0/s1. The van der Waals surface area contributed by atoms with Crippen LogP contribution in [-0.4, -0.2) is 66.0 Å². The van der Waals surface area contributed by atoms with Gasteiger partial charge < -0.3 is 20.4 Å². The molecule has 1 unspecified atom stereocenters. The number of nitriles is 1. The Balaban J connectivity index is 1.41. The highest BCUT2D eigenvalue weighted by Crippen LogP contribution is 2.38. The SMILES string of the molecule is CC(C)NC(=O)N1C[C@H]2CC(NCC(=O)N3CCC[C@H]3C#N)C[C@H]2C1. The Labute approximate surface area is 149 Å². The van der Waals surface area contributed by atoms with Gasteiger partial charge in [-0.15, -0.1) is 0 Å². The predicted molar refractivity (Wildman–Crippen MR) is 93.6 cm³/mol. The van der Waals surface area contributed by atoms with Crippen molar-refractivity contribution in [1.29, 1.82) is 5.26 Å². The molecule has 0 aromatic rings. The van der Waals surface area contributed by atoms with Crippen molar-refractivity contribution in [3.05, 3.63) is 0 Å². The Bertz CT molecular complexity index is 544. The average Bonchev–Trinajstić information content (AvgIpc) is 3.25. The number of carbonyl (C=O) groups excluding carboxylic acids is 2. The third kappa shape index (κ3) is 4.06. The minimum atomic E-state index is -0.245. The van der Waals surface area contributed by atoms with Crippen molar-refractivity contribution in [3.8, 4) is 6.07 Å². The second-order valence-electron chi connectivity index (χ2n) is 7.95. The molecule has 138 valence electrons. The maximum Gasteiger partial charge on any atom is 0.317 e. The Morgan fingerprint density at radius 2 is 1.92 bits per heavy atom. The van der Waals surface area contributed by atoms with Crippen LogP contribution < -0.4 is 10.6 Å². The van der Waals surface area contributed by atoms with Crippen molar-refractivity contribution < 1.29 is 9.59 Å². The summed E-state index contributed by atoms with van der Waals surface area (Å²) in [5, 5.41) is 15.4. The zero-order valence-corrected chi connectivity index (χ0v) is 15.2. The van der Waals surface area contributed by atoms with Crippen molar-refractivity contribution in [2.24, 2.45) is 11.8 Å². The van der Waals surface area contributed by atoms with E-state index in [1.54, 1.807) is 4.90 Å². The van der Waals surface area contributed by atoms with Crippen LogP contribution in [0.2, 0.25) is 0 Å². The van der Waals surface area contributed by atoms with Gasteiger partial charge in [-0.1, -0.05) is 0 Å². The van der Waals surface area contributed by atoms with Gasteiger partial charge in [0.1, 0.15) is 6.04 Å². The quantitative estimate of drug-likeness (QED) is 0.791. The van der Waals surface area contributed by atoms with Gasteiger partial charge >= 0.3 is 6.03 Å². The van der Waals surface area contributed by atoms with Crippen LogP contribution >= 0.6 is 0 Å². The van der Waals surface area contributed by atoms with E-state index in [-0.39, 0.29) is 24.0 Å². The molecule has 3 rings (SSSR count). The first-order chi connectivity index (χ1) is 12.0. The van der Waals surface area contributed by atoms with Gasteiger partial charge in [0, 0.05) is 31.7 Å². The number of likely N-dealkylation sites (tertiary alicyclic amines) is 2. The molecule has 3 fully saturated rings. The van der Waals surface area contributed by atoms with Crippen LogP contribution in [-0.2, 0) is 4.79 Å². The van der Waals surface area contributed by atoms with Crippen LogP contribution in [0.25, 0.3) is 0 Å². The molecule has 2 saturated heterocycles. The smallest absolute Gasteiger partial charge is 0.317 e. The van der Waals surface area contributed by atoms with E-state index >= 15 is 0 Å². The van der Waals surface area contributed by atoms with Crippen molar-refractivity contribution >= 4 is 11.9 Å². The van der Waals surface area contributed by atoms with Crippen LogP contribution in [0.1, 0.15) is 39.5 Å². The summed E-state index contributed by atoms with van der Waals surface area (Å²) in [4.78, 5) is 28.1. The summed E-state index contributed by atoms with van der Waals surface area (Å²) in [5.41, 5.74) is 0. The summed E-state index contributed by atoms with van der Waals surface area (Å²) in [6, 6.07) is 2.52. The average molecular weight is 347 g/mol. The summed E-state index contributed by atoms with van der Waals surface area (Å²) in [7, 11) is 0.